The van der Waals surface area contributed by atoms with Crippen molar-refractivity contribution in [2.45, 2.75) is 31.4 Å². The summed E-state index contributed by atoms with van der Waals surface area (Å²) in [5.41, 5.74) is -0.0539. The number of carbonyl (C=O) groups excluding carboxylic acids is 1. The number of aromatic nitrogens is 3. The number of nitrogens with zero attached hydrogens (tertiary/aromatic N) is 3. The van der Waals surface area contributed by atoms with Gasteiger partial charge in [0.15, 0.2) is 11.3 Å². The van der Waals surface area contributed by atoms with Gasteiger partial charge in [0, 0.05) is 17.9 Å². The van der Waals surface area contributed by atoms with E-state index in [2.05, 4.69) is 10.1 Å². The Labute approximate surface area is 132 Å². The van der Waals surface area contributed by atoms with Crippen LogP contribution in [0.4, 0.5) is 0 Å². The molecule has 21 heavy (non-hydrogen) atoms. The van der Waals surface area contributed by atoms with E-state index in [9.17, 15) is 9.90 Å². The third-order valence-corrected chi connectivity index (χ3v) is 3.89. The monoisotopic (exact) mass is 327 g/mol. The number of rotatable bonds is 6. The van der Waals surface area contributed by atoms with Crippen molar-refractivity contribution in [3.63, 3.8) is 0 Å². The Morgan fingerprint density at radius 3 is 2.76 bits per heavy atom. The summed E-state index contributed by atoms with van der Waals surface area (Å²) in [5, 5.41) is 14.7. The van der Waals surface area contributed by atoms with E-state index in [1.807, 2.05) is 18.2 Å². The van der Waals surface area contributed by atoms with Crippen LogP contribution in [0.1, 0.15) is 23.8 Å². The van der Waals surface area contributed by atoms with Crippen LogP contribution in [0.2, 0.25) is 5.02 Å². The number of ketones is 1. The van der Waals surface area contributed by atoms with Gasteiger partial charge < -0.3 is 5.11 Å². The van der Waals surface area contributed by atoms with E-state index in [-0.39, 0.29) is 12.2 Å². The first-order valence-corrected chi connectivity index (χ1v) is 7.25. The van der Waals surface area contributed by atoms with E-state index in [0.717, 1.165) is 5.56 Å². The van der Waals surface area contributed by atoms with E-state index in [0.29, 0.717) is 17.3 Å². The van der Waals surface area contributed by atoms with Crippen LogP contribution in [-0.2, 0) is 17.6 Å². The summed E-state index contributed by atoms with van der Waals surface area (Å²) in [6.07, 6.45) is 1.25. The highest BCUT2D eigenvalue weighted by molar-refractivity contribution is 6.31. The molecular weight excluding hydrogens is 313 g/mol. The van der Waals surface area contributed by atoms with Crippen molar-refractivity contribution >= 4 is 29.0 Å². The van der Waals surface area contributed by atoms with Crippen molar-refractivity contribution in [1.82, 2.24) is 14.8 Å². The number of carbonyl (C=O) groups is 1. The van der Waals surface area contributed by atoms with E-state index < -0.39 is 11.6 Å². The molecule has 2 unspecified atom stereocenters. The Kier molecular flexibility index (Phi) is 5.33. The number of alkyl halides is 1. The molecule has 0 amide bonds. The van der Waals surface area contributed by atoms with Crippen LogP contribution >= 0.6 is 23.2 Å². The largest absolute Gasteiger partial charge is 0.392 e. The first kappa shape index (κ1) is 15.9. The predicted octanol–water partition coefficient (Wildman–Crippen LogP) is 2.40. The Morgan fingerprint density at radius 2 is 2.10 bits per heavy atom. The third kappa shape index (κ3) is 4.03. The fourth-order valence-electron chi connectivity index (χ4n) is 1.98. The lowest BCUT2D eigenvalue weighted by Crippen LogP contribution is -2.21. The molecule has 0 bridgehead atoms. The summed E-state index contributed by atoms with van der Waals surface area (Å²) in [6, 6.07) is 7.33. The van der Waals surface area contributed by atoms with Gasteiger partial charge in [-0.05, 0) is 18.6 Å². The summed E-state index contributed by atoms with van der Waals surface area (Å²) < 4.78 is 1.32. The molecule has 5 nitrogen and oxygen atoms in total. The van der Waals surface area contributed by atoms with Gasteiger partial charge in [-0.25, -0.2) is 9.67 Å². The molecule has 0 aliphatic carbocycles. The van der Waals surface area contributed by atoms with Gasteiger partial charge in [0.05, 0.1) is 6.10 Å². The molecule has 0 saturated carbocycles. The molecule has 2 rings (SSSR count). The third-order valence-electron chi connectivity index (χ3n) is 3.03. The lowest BCUT2D eigenvalue weighted by Gasteiger charge is -2.14. The van der Waals surface area contributed by atoms with Gasteiger partial charge in [-0.1, -0.05) is 41.4 Å². The standard InChI is InChI=1S/C14H15Cl2N3O2/c1-9(20)14(16)19-13(17-8-18-19)7-11(21)6-10-4-2-3-5-12(10)15/h2-5,8,11,14,21H,6-7H2,1H3. The quantitative estimate of drug-likeness (QED) is 0.827. The molecular formula is C14H15Cl2N3O2. The van der Waals surface area contributed by atoms with Crippen molar-refractivity contribution in [3.8, 4) is 0 Å². The summed E-state index contributed by atoms with van der Waals surface area (Å²) in [5.74, 6) is 0.230. The van der Waals surface area contributed by atoms with Crippen LogP contribution in [0, 0.1) is 0 Å². The highest BCUT2D eigenvalue weighted by atomic mass is 35.5. The summed E-state index contributed by atoms with van der Waals surface area (Å²) in [7, 11) is 0. The van der Waals surface area contributed by atoms with E-state index in [1.54, 1.807) is 6.07 Å². The van der Waals surface area contributed by atoms with Gasteiger partial charge in [-0.3, -0.25) is 4.79 Å². The molecule has 2 atom stereocenters. The second-order valence-corrected chi connectivity index (χ2v) is 5.54. The highest BCUT2D eigenvalue weighted by Gasteiger charge is 2.20. The molecule has 7 heteroatoms. The zero-order valence-corrected chi connectivity index (χ0v) is 12.9. The molecule has 0 aliphatic heterocycles. The van der Waals surface area contributed by atoms with E-state index in [4.69, 9.17) is 23.2 Å². The van der Waals surface area contributed by atoms with Gasteiger partial charge in [0.1, 0.15) is 12.2 Å². The fourth-order valence-corrected chi connectivity index (χ4v) is 2.36. The first-order chi connectivity index (χ1) is 9.99. The number of hydrogen-bond acceptors (Lipinski definition) is 4. The van der Waals surface area contributed by atoms with Crippen molar-refractivity contribution < 1.29 is 9.90 Å². The maximum Gasteiger partial charge on any atom is 0.185 e. The summed E-state index contributed by atoms with van der Waals surface area (Å²) >= 11 is 12.0. The van der Waals surface area contributed by atoms with Crippen molar-refractivity contribution in [3.05, 3.63) is 47.0 Å². The molecule has 1 N–H and O–H groups in total. The molecule has 0 spiro atoms. The lowest BCUT2D eigenvalue weighted by molar-refractivity contribution is -0.118. The Balaban J connectivity index is 2.07. The van der Waals surface area contributed by atoms with Crippen LogP contribution < -0.4 is 0 Å². The maximum atomic E-state index is 11.3. The normalized spacial score (nSPS) is 13.9. The number of aliphatic hydroxyl groups is 1. The van der Waals surface area contributed by atoms with Crippen LogP contribution in [0.5, 0.6) is 0 Å². The minimum Gasteiger partial charge on any atom is -0.392 e. The van der Waals surface area contributed by atoms with Gasteiger partial charge in [-0.15, -0.1) is 0 Å². The molecule has 0 fully saturated rings. The van der Waals surface area contributed by atoms with Crippen molar-refractivity contribution in [1.29, 1.82) is 0 Å². The Bertz CT molecular complexity index is 630. The number of aliphatic hydroxyl groups excluding tert-OH is 1. The molecule has 0 saturated heterocycles. The number of halogens is 2. The minimum atomic E-state index is -0.907. The van der Waals surface area contributed by atoms with E-state index >= 15 is 0 Å². The topological polar surface area (TPSA) is 68.0 Å². The molecule has 0 aliphatic rings. The smallest absolute Gasteiger partial charge is 0.185 e. The Morgan fingerprint density at radius 1 is 1.38 bits per heavy atom. The lowest BCUT2D eigenvalue weighted by atomic mass is 10.1. The zero-order valence-electron chi connectivity index (χ0n) is 11.4. The molecule has 0 radical (unpaired) electrons. The molecule has 112 valence electrons. The molecule has 1 heterocycles. The van der Waals surface area contributed by atoms with Crippen LogP contribution in [0.3, 0.4) is 0 Å². The zero-order chi connectivity index (χ0) is 15.4. The molecule has 2 aromatic rings. The second kappa shape index (κ2) is 7.02. The van der Waals surface area contributed by atoms with Gasteiger partial charge in [0.2, 0.25) is 0 Å². The van der Waals surface area contributed by atoms with Gasteiger partial charge in [0.25, 0.3) is 0 Å². The fraction of sp³-hybridized carbons (Fsp3) is 0.357. The summed E-state index contributed by atoms with van der Waals surface area (Å²) in [6.45, 7) is 1.38. The number of hydrogen-bond donors (Lipinski definition) is 1. The average molecular weight is 328 g/mol. The van der Waals surface area contributed by atoms with Gasteiger partial charge in [-0.2, -0.15) is 5.10 Å². The SMILES string of the molecule is CC(=O)C(Cl)n1ncnc1CC(O)Cc1ccccc1Cl. The number of Topliss-reactive ketones (excluding diaryl/α,β-unsaturated/α-hetero) is 1. The maximum absolute atomic E-state index is 11.3. The van der Waals surface area contributed by atoms with Crippen LogP contribution in [0.25, 0.3) is 0 Å². The van der Waals surface area contributed by atoms with Crippen molar-refractivity contribution in [2.75, 3.05) is 0 Å². The van der Waals surface area contributed by atoms with Gasteiger partial charge >= 0.3 is 0 Å². The van der Waals surface area contributed by atoms with Crippen LogP contribution in [0.15, 0.2) is 30.6 Å². The molecule has 1 aromatic carbocycles. The van der Waals surface area contributed by atoms with Crippen molar-refractivity contribution in [2.24, 2.45) is 0 Å². The molecule has 1 aromatic heterocycles. The van der Waals surface area contributed by atoms with E-state index in [1.165, 1.54) is 17.9 Å². The highest BCUT2D eigenvalue weighted by Crippen LogP contribution is 2.19. The Hall–Kier alpha value is -1.43. The number of benzene rings is 1. The predicted molar refractivity (Wildman–Crippen MR) is 80.5 cm³/mol. The minimum absolute atomic E-state index is 0.232. The first-order valence-electron chi connectivity index (χ1n) is 6.43. The summed E-state index contributed by atoms with van der Waals surface area (Å²) in [4.78, 5) is 15.4. The van der Waals surface area contributed by atoms with Crippen LogP contribution in [-0.4, -0.2) is 31.8 Å². The average Bonchev–Trinajstić information content (AvgIpc) is 2.88. The second-order valence-electron chi connectivity index (χ2n) is 4.72.